The van der Waals surface area contributed by atoms with Gasteiger partial charge in [0.1, 0.15) is 5.54 Å². The number of amides is 2. The lowest BCUT2D eigenvalue weighted by Crippen LogP contribution is -2.61. The van der Waals surface area contributed by atoms with Gasteiger partial charge in [0.15, 0.2) is 5.11 Å². The maximum Gasteiger partial charge on any atom is 0.250 e. The number of anilines is 2. The van der Waals surface area contributed by atoms with Crippen LogP contribution in [-0.2, 0) is 16.1 Å². The summed E-state index contributed by atoms with van der Waals surface area (Å²) in [5, 5.41) is 7.09. The molecule has 214 valence electrons. The first-order chi connectivity index (χ1) is 19.9. The van der Waals surface area contributed by atoms with E-state index in [0.29, 0.717) is 31.0 Å². The topological polar surface area (TPSA) is 67.9 Å². The minimum absolute atomic E-state index is 0.0209. The van der Waals surface area contributed by atoms with Crippen molar-refractivity contribution in [3.8, 4) is 0 Å². The highest BCUT2D eigenvalue weighted by Crippen LogP contribution is 2.36. The summed E-state index contributed by atoms with van der Waals surface area (Å²) < 4.78 is 0. The van der Waals surface area contributed by atoms with E-state index in [9.17, 15) is 9.59 Å². The van der Waals surface area contributed by atoms with Gasteiger partial charge in [-0.1, -0.05) is 60.7 Å². The lowest BCUT2D eigenvalue weighted by molar-refractivity contribution is -0.147. The highest BCUT2D eigenvalue weighted by molar-refractivity contribution is 7.99. The van der Waals surface area contributed by atoms with Crippen molar-refractivity contribution in [2.45, 2.75) is 31.0 Å². The molecule has 2 fully saturated rings. The molecular weight excluding hydrogens is 551 g/mol. The van der Waals surface area contributed by atoms with E-state index in [1.165, 1.54) is 0 Å². The highest BCUT2D eigenvalue weighted by atomic mass is 32.2. The molecule has 0 aromatic heterocycles. The largest absolute Gasteiger partial charge is 0.378 e. The van der Waals surface area contributed by atoms with E-state index in [2.05, 4.69) is 22.8 Å². The van der Waals surface area contributed by atoms with Crippen LogP contribution < -0.4 is 15.5 Å². The zero-order chi connectivity index (χ0) is 28.8. The molecule has 7 nitrogen and oxygen atoms in total. The van der Waals surface area contributed by atoms with Crippen LogP contribution in [0, 0.1) is 0 Å². The number of hydrogen-bond acceptors (Lipinski definition) is 5. The Kier molecular flexibility index (Phi) is 9.15. The van der Waals surface area contributed by atoms with E-state index in [1.54, 1.807) is 0 Å². The van der Waals surface area contributed by atoms with Gasteiger partial charge in [0.05, 0.1) is 12.6 Å². The van der Waals surface area contributed by atoms with Crippen molar-refractivity contribution in [1.82, 2.24) is 15.1 Å². The molecule has 0 radical (unpaired) electrons. The number of nitrogens with one attached hydrogen (secondary N) is 2. The number of thiocarbonyl (C=S) groups is 1. The van der Waals surface area contributed by atoms with Crippen molar-refractivity contribution in [2.75, 3.05) is 48.9 Å². The summed E-state index contributed by atoms with van der Waals surface area (Å²) >= 11 is 7.49. The molecule has 1 atom stereocenters. The number of nitrogens with zero attached hydrogens (tertiary/aromatic N) is 3. The molecule has 3 aromatic carbocycles. The number of rotatable bonds is 9. The third-order valence-electron chi connectivity index (χ3n) is 7.90. The second-order valence-electron chi connectivity index (χ2n) is 10.8. The molecule has 0 unspecified atom stereocenters. The normalized spacial score (nSPS) is 18.0. The standard InChI is InChI=1S/C32H37N5O2S2/c1-35(2)27-15-13-26(14-16-27)33-30(39)32(17-19-41-20-18-32)37(21-24-9-5-3-6-10-24)29(38)23-36-22-28(34-31(36)40)25-11-7-4-8-12-25/h3-16,28H,17-23H2,1-2H3,(H,33,39)(H,34,40)/t28-/m0/s1. The number of hydrogen-bond donors (Lipinski definition) is 2. The maximum atomic E-state index is 14.3. The molecule has 2 N–H and O–H groups in total. The first-order valence-electron chi connectivity index (χ1n) is 14.0. The molecule has 9 heteroatoms. The van der Waals surface area contributed by atoms with Crippen LogP contribution in [0.3, 0.4) is 0 Å². The Labute approximate surface area is 252 Å². The Hall–Kier alpha value is -3.56. The van der Waals surface area contributed by atoms with Crippen LogP contribution in [0.5, 0.6) is 0 Å². The van der Waals surface area contributed by atoms with Gasteiger partial charge in [0, 0.05) is 38.6 Å². The third kappa shape index (κ3) is 6.68. The molecule has 0 aliphatic carbocycles. The van der Waals surface area contributed by atoms with Crippen molar-refractivity contribution >= 4 is 52.3 Å². The van der Waals surface area contributed by atoms with Gasteiger partial charge < -0.3 is 25.3 Å². The van der Waals surface area contributed by atoms with Crippen molar-refractivity contribution in [3.63, 3.8) is 0 Å². The van der Waals surface area contributed by atoms with E-state index in [-0.39, 0.29) is 24.4 Å². The molecule has 0 saturated carbocycles. The molecule has 0 spiro atoms. The number of carbonyl (C=O) groups is 2. The van der Waals surface area contributed by atoms with Gasteiger partial charge in [-0.3, -0.25) is 9.59 Å². The van der Waals surface area contributed by atoms with Crippen LogP contribution in [0.4, 0.5) is 11.4 Å². The number of carbonyl (C=O) groups excluding carboxylic acids is 2. The smallest absolute Gasteiger partial charge is 0.250 e. The van der Waals surface area contributed by atoms with E-state index < -0.39 is 5.54 Å². The lowest BCUT2D eigenvalue weighted by Gasteiger charge is -2.45. The molecule has 0 bridgehead atoms. The molecule has 2 amide bonds. The Balaban J connectivity index is 1.41. The summed E-state index contributed by atoms with van der Waals surface area (Å²) in [7, 11) is 3.97. The Bertz CT molecular complexity index is 1350. The quantitative estimate of drug-likeness (QED) is 0.345. The van der Waals surface area contributed by atoms with Gasteiger partial charge in [-0.25, -0.2) is 0 Å². The highest BCUT2D eigenvalue weighted by Gasteiger charge is 2.47. The summed E-state index contributed by atoms with van der Waals surface area (Å²) in [4.78, 5) is 34.3. The van der Waals surface area contributed by atoms with Gasteiger partial charge >= 0.3 is 0 Å². The summed E-state index contributed by atoms with van der Waals surface area (Å²) in [5.41, 5.74) is 2.93. The molecule has 41 heavy (non-hydrogen) atoms. The summed E-state index contributed by atoms with van der Waals surface area (Å²) in [6.07, 6.45) is 1.18. The Morgan fingerprint density at radius 2 is 1.61 bits per heavy atom. The van der Waals surface area contributed by atoms with Gasteiger partial charge in [0.2, 0.25) is 11.8 Å². The Morgan fingerprint density at radius 3 is 2.24 bits per heavy atom. The van der Waals surface area contributed by atoms with Crippen LogP contribution in [0.25, 0.3) is 0 Å². The molecule has 2 aliphatic heterocycles. The van der Waals surface area contributed by atoms with Crippen molar-refractivity contribution in [1.29, 1.82) is 0 Å². The Morgan fingerprint density at radius 1 is 0.976 bits per heavy atom. The average molecular weight is 588 g/mol. The lowest BCUT2D eigenvalue weighted by atomic mass is 9.87. The summed E-state index contributed by atoms with van der Waals surface area (Å²) in [5.74, 6) is 1.39. The van der Waals surface area contributed by atoms with Gasteiger partial charge in [0.25, 0.3) is 0 Å². The fourth-order valence-electron chi connectivity index (χ4n) is 5.51. The average Bonchev–Trinajstić information content (AvgIpc) is 3.37. The minimum atomic E-state index is -0.966. The van der Waals surface area contributed by atoms with Gasteiger partial charge in [-0.05, 0) is 72.0 Å². The monoisotopic (exact) mass is 587 g/mol. The predicted molar refractivity (Wildman–Crippen MR) is 172 cm³/mol. The number of benzene rings is 3. The van der Waals surface area contributed by atoms with Crippen molar-refractivity contribution in [3.05, 3.63) is 96.1 Å². The van der Waals surface area contributed by atoms with Crippen LogP contribution in [0.15, 0.2) is 84.9 Å². The zero-order valence-corrected chi connectivity index (χ0v) is 25.2. The van der Waals surface area contributed by atoms with E-state index in [0.717, 1.165) is 34.0 Å². The predicted octanol–water partition coefficient (Wildman–Crippen LogP) is 4.92. The first-order valence-corrected chi connectivity index (χ1v) is 15.5. The SMILES string of the molecule is CN(C)c1ccc(NC(=O)C2(N(Cc3ccccc3)C(=O)CN3C[C@@H](c4ccccc4)NC3=S)CCSCC2)cc1. The fourth-order valence-corrected chi connectivity index (χ4v) is 6.96. The van der Waals surface area contributed by atoms with Crippen LogP contribution >= 0.6 is 24.0 Å². The van der Waals surface area contributed by atoms with Crippen molar-refractivity contribution < 1.29 is 9.59 Å². The van der Waals surface area contributed by atoms with Crippen LogP contribution in [0.2, 0.25) is 0 Å². The maximum absolute atomic E-state index is 14.3. The van der Waals surface area contributed by atoms with Crippen LogP contribution in [-0.4, -0.2) is 71.0 Å². The number of thioether (sulfide) groups is 1. The molecule has 2 saturated heterocycles. The minimum Gasteiger partial charge on any atom is -0.378 e. The third-order valence-corrected chi connectivity index (χ3v) is 9.26. The molecular formula is C32H37N5O2S2. The molecule has 2 aliphatic rings. The molecule has 3 aromatic rings. The summed E-state index contributed by atoms with van der Waals surface area (Å²) in [6, 6.07) is 27.9. The molecule has 5 rings (SSSR count). The van der Waals surface area contributed by atoms with Crippen LogP contribution in [0.1, 0.15) is 30.0 Å². The van der Waals surface area contributed by atoms with Gasteiger partial charge in [-0.2, -0.15) is 11.8 Å². The van der Waals surface area contributed by atoms with E-state index >= 15 is 0 Å². The zero-order valence-electron chi connectivity index (χ0n) is 23.6. The second-order valence-corrected chi connectivity index (χ2v) is 12.4. The van der Waals surface area contributed by atoms with Crippen molar-refractivity contribution in [2.24, 2.45) is 0 Å². The fraction of sp³-hybridized carbons (Fsp3) is 0.344. The summed E-state index contributed by atoms with van der Waals surface area (Å²) in [6.45, 7) is 1.07. The van der Waals surface area contributed by atoms with Gasteiger partial charge in [-0.15, -0.1) is 0 Å². The first kappa shape index (κ1) is 29.0. The molecule has 2 heterocycles. The van der Waals surface area contributed by atoms with E-state index in [4.69, 9.17) is 12.2 Å². The second kappa shape index (κ2) is 13.0. The van der Waals surface area contributed by atoms with E-state index in [1.807, 2.05) is 113 Å².